The summed E-state index contributed by atoms with van der Waals surface area (Å²) in [6.45, 7) is 1.91. The molecule has 0 fully saturated rings. The van der Waals surface area contributed by atoms with Gasteiger partial charge >= 0.3 is 0 Å². The van der Waals surface area contributed by atoms with E-state index in [9.17, 15) is 0 Å². The lowest BCUT2D eigenvalue weighted by molar-refractivity contribution is 0.476. The average molecular weight is 347 g/mol. The second kappa shape index (κ2) is 5.39. The smallest absolute Gasteiger partial charge is 0.141 e. The normalized spacial score (nSPS) is 10.4. The van der Waals surface area contributed by atoms with Gasteiger partial charge in [0.05, 0.1) is 15.2 Å². The lowest BCUT2D eigenvalue weighted by Crippen LogP contribution is -1.92. The number of aryl methyl sites for hydroxylation is 1. The van der Waals surface area contributed by atoms with Crippen LogP contribution in [0.15, 0.2) is 34.8 Å². The molecule has 0 unspecified atom stereocenters. The van der Waals surface area contributed by atoms with Gasteiger partial charge in [0, 0.05) is 11.1 Å². The fraction of sp³-hybridized carbons (Fsp3) is 0.0769. The summed E-state index contributed by atoms with van der Waals surface area (Å²) in [6.07, 6.45) is 0. The number of hydrogen-bond acceptors (Lipinski definition) is 2. The predicted octanol–water partition coefficient (Wildman–Crippen LogP) is 5.44. The van der Waals surface area contributed by atoms with Gasteiger partial charge in [-0.05, 0) is 52.7 Å². The fourth-order valence-corrected chi connectivity index (χ4v) is 2.39. The summed E-state index contributed by atoms with van der Waals surface area (Å²) >= 11 is 15.2. The molecule has 2 aromatic carbocycles. The highest BCUT2D eigenvalue weighted by Gasteiger charge is 2.08. The number of rotatable bonds is 2. The van der Waals surface area contributed by atoms with Crippen LogP contribution in [-0.2, 0) is 0 Å². The molecule has 2 nitrogen and oxygen atoms in total. The Labute approximate surface area is 124 Å². The van der Waals surface area contributed by atoms with E-state index in [1.54, 1.807) is 30.3 Å². The molecule has 2 rings (SSSR count). The maximum absolute atomic E-state index is 5.98. The number of hydrogen-bond donors (Lipinski definition) is 1. The van der Waals surface area contributed by atoms with Crippen molar-refractivity contribution in [3.63, 3.8) is 0 Å². The zero-order valence-corrected chi connectivity index (χ0v) is 12.6. The van der Waals surface area contributed by atoms with Crippen molar-refractivity contribution in [1.82, 2.24) is 0 Å². The van der Waals surface area contributed by atoms with E-state index in [1.165, 1.54) is 0 Å². The van der Waals surface area contributed by atoms with Gasteiger partial charge in [0.15, 0.2) is 0 Å². The molecule has 0 atom stereocenters. The Balaban J connectivity index is 2.37. The van der Waals surface area contributed by atoms with Gasteiger partial charge in [0.1, 0.15) is 11.5 Å². The van der Waals surface area contributed by atoms with Crippen LogP contribution in [0.1, 0.15) is 5.56 Å². The Morgan fingerprint density at radius 3 is 2.50 bits per heavy atom. The van der Waals surface area contributed by atoms with Crippen LogP contribution >= 0.6 is 39.1 Å². The van der Waals surface area contributed by atoms with Crippen LogP contribution in [-0.4, -0.2) is 0 Å². The second-order valence-electron chi connectivity index (χ2n) is 3.82. The minimum atomic E-state index is 0.473. The molecule has 0 aliphatic carbocycles. The molecule has 0 saturated carbocycles. The SMILES string of the molecule is Cc1cc(N)c(Cl)cc1Oc1ccc(Cl)cc1Br. The van der Waals surface area contributed by atoms with Gasteiger partial charge in [-0.15, -0.1) is 0 Å². The molecule has 5 heteroatoms. The van der Waals surface area contributed by atoms with E-state index in [0.717, 1.165) is 10.0 Å². The molecule has 0 aliphatic heterocycles. The van der Waals surface area contributed by atoms with Crippen LogP contribution in [0.25, 0.3) is 0 Å². The number of benzene rings is 2. The van der Waals surface area contributed by atoms with Crippen LogP contribution in [0.5, 0.6) is 11.5 Å². The van der Waals surface area contributed by atoms with Crippen LogP contribution < -0.4 is 10.5 Å². The highest BCUT2D eigenvalue weighted by Crippen LogP contribution is 2.35. The number of halogens is 3. The Morgan fingerprint density at radius 1 is 1.11 bits per heavy atom. The van der Waals surface area contributed by atoms with Gasteiger partial charge in [-0.25, -0.2) is 0 Å². The molecule has 18 heavy (non-hydrogen) atoms. The summed E-state index contributed by atoms with van der Waals surface area (Å²) in [5, 5.41) is 1.11. The summed E-state index contributed by atoms with van der Waals surface area (Å²) in [7, 11) is 0. The molecule has 2 N–H and O–H groups in total. The second-order valence-corrected chi connectivity index (χ2v) is 5.51. The summed E-state index contributed by atoms with van der Waals surface area (Å²) in [6, 6.07) is 8.80. The third-order valence-corrected chi connectivity index (χ3v) is 3.59. The topological polar surface area (TPSA) is 35.2 Å². The van der Waals surface area contributed by atoms with Crippen molar-refractivity contribution in [2.24, 2.45) is 0 Å². The van der Waals surface area contributed by atoms with E-state index >= 15 is 0 Å². The molecule has 0 bridgehead atoms. The largest absolute Gasteiger partial charge is 0.456 e. The molecule has 0 amide bonds. The number of nitrogens with two attached hydrogens (primary N) is 1. The highest BCUT2D eigenvalue weighted by atomic mass is 79.9. The Morgan fingerprint density at radius 2 is 1.83 bits per heavy atom. The lowest BCUT2D eigenvalue weighted by Gasteiger charge is -2.12. The highest BCUT2D eigenvalue weighted by molar-refractivity contribution is 9.10. The zero-order valence-electron chi connectivity index (χ0n) is 9.51. The van der Waals surface area contributed by atoms with Crippen molar-refractivity contribution in [3.8, 4) is 11.5 Å². The summed E-state index contributed by atoms with van der Waals surface area (Å²) in [5.41, 5.74) is 7.17. The standard InChI is InChI=1S/C13H10BrCl2NO/c1-7-4-11(17)10(16)6-13(7)18-12-3-2-8(15)5-9(12)14/h2-6H,17H2,1H3. The molecule has 0 aliphatic rings. The van der Waals surface area contributed by atoms with E-state index in [-0.39, 0.29) is 0 Å². The van der Waals surface area contributed by atoms with Crippen LogP contribution in [0.3, 0.4) is 0 Å². The molecule has 0 radical (unpaired) electrons. The maximum Gasteiger partial charge on any atom is 0.141 e. The minimum Gasteiger partial charge on any atom is -0.456 e. The first-order valence-electron chi connectivity index (χ1n) is 5.16. The van der Waals surface area contributed by atoms with E-state index in [4.69, 9.17) is 33.7 Å². The first-order chi connectivity index (χ1) is 8.47. The van der Waals surface area contributed by atoms with Gasteiger partial charge in [0.2, 0.25) is 0 Å². The summed E-state index contributed by atoms with van der Waals surface area (Å²) < 4.78 is 6.57. The maximum atomic E-state index is 5.98. The lowest BCUT2D eigenvalue weighted by atomic mass is 10.2. The zero-order chi connectivity index (χ0) is 13.3. The summed E-state index contributed by atoms with van der Waals surface area (Å²) in [4.78, 5) is 0. The van der Waals surface area contributed by atoms with Crippen LogP contribution in [0.2, 0.25) is 10.0 Å². The van der Waals surface area contributed by atoms with Gasteiger partial charge in [-0.3, -0.25) is 0 Å². The van der Waals surface area contributed by atoms with Gasteiger partial charge in [-0.1, -0.05) is 23.2 Å². The number of anilines is 1. The van der Waals surface area contributed by atoms with Crippen molar-refractivity contribution in [2.75, 3.05) is 5.73 Å². The quantitative estimate of drug-likeness (QED) is 0.735. The van der Waals surface area contributed by atoms with Crippen molar-refractivity contribution in [2.45, 2.75) is 6.92 Å². The minimum absolute atomic E-state index is 0.473. The first kappa shape index (κ1) is 13.5. The predicted molar refractivity (Wildman–Crippen MR) is 79.8 cm³/mol. The van der Waals surface area contributed by atoms with Crippen molar-refractivity contribution < 1.29 is 4.74 Å². The monoisotopic (exact) mass is 345 g/mol. The third kappa shape index (κ3) is 2.91. The van der Waals surface area contributed by atoms with Gasteiger partial charge in [0.25, 0.3) is 0 Å². The average Bonchev–Trinajstić information content (AvgIpc) is 2.29. The number of ether oxygens (including phenoxy) is 1. The molecule has 0 spiro atoms. The molecule has 0 saturated heterocycles. The van der Waals surface area contributed by atoms with Gasteiger partial charge < -0.3 is 10.5 Å². The van der Waals surface area contributed by atoms with E-state index in [1.807, 2.05) is 6.92 Å². The van der Waals surface area contributed by atoms with Crippen molar-refractivity contribution in [3.05, 3.63) is 50.4 Å². The van der Waals surface area contributed by atoms with Gasteiger partial charge in [-0.2, -0.15) is 0 Å². The van der Waals surface area contributed by atoms with Crippen molar-refractivity contribution in [1.29, 1.82) is 0 Å². The number of nitrogen functional groups attached to an aromatic ring is 1. The molecule has 0 aromatic heterocycles. The fourth-order valence-electron chi connectivity index (χ4n) is 1.47. The van der Waals surface area contributed by atoms with Crippen LogP contribution in [0, 0.1) is 6.92 Å². The van der Waals surface area contributed by atoms with E-state index < -0.39 is 0 Å². The van der Waals surface area contributed by atoms with E-state index in [0.29, 0.717) is 27.2 Å². The molecular formula is C13H10BrCl2NO. The first-order valence-corrected chi connectivity index (χ1v) is 6.71. The van der Waals surface area contributed by atoms with Crippen LogP contribution in [0.4, 0.5) is 5.69 Å². The molecule has 2 aromatic rings. The molecule has 0 heterocycles. The Kier molecular flexibility index (Phi) is 4.05. The summed E-state index contributed by atoms with van der Waals surface area (Å²) in [5.74, 6) is 1.33. The Hall–Kier alpha value is -0.900. The third-order valence-electron chi connectivity index (χ3n) is 2.41. The molecular weight excluding hydrogens is 337 g/mol. The van der Waals surface area contributed by atoms with E-state index in [2.05, 4.69) is 15.9 Å². The molecule has 94 valence electrons. The Bertz CT molecular complexity index is 602. The van der Waals surface area contributed by atoms with Crippen molar-refractivity contribution >= 4 is 44.8 Å².